The minimum Gasteiger partial charge on any atom is -0.357 e. The van der Waals surface area contributed by atoms with E-state index in [2.05, 4.69) is 15.2 Å². The molecule has 0 atom stereocenters. The first kappa shape index (κ1) is 13.7. The molecule has 1 N–H and O–H groups in total. The van der Waals surface area contributed by atoms with Crippen LogP contribution >= 0.6 is 0 Å². The fourth-order valence-corrected chi connectivity index (χ4v) is 2.34. The van der Waals surface area contributed by atoms with E-state index >= 15 is 0 Å². The van der Waals surface area contributed by atoms with E-state index in [-0.39, 0.29) is 0 Å². The third kappa shape index (κ3) is 3.00. The van der Waals surface area contributed by atoms with Crippen molar-refractivity contribution in [2.45, 2.75) is 26.2 Å². The lowest BCUT2D eigenvalue weighted by atomic mass is 9.99. The summed E-state index contributed by atoms with van der Waals surface area (Å²) in [5.41, 5.74) is 1.33. The normalized spacial score (nSPS) is 14.4. The summed E-state index contributed by atoms with van der Waals surface area (Å²) in [4.78, 5) is 18.3. The molecule has 0 saturated carbocycles. The number of amides is 1. The molecule has 0 saturated heterocycles. The Balaban J connectivity index is 2.24. The van der Waals surface area contributed by atoms with Crippen LogP contribution in [0.25, 0.3) is 0 Å². The van der Waals surface area contributed by atoms with E-state index in [0.29, 0.717) is 5.56 Å². The van der Waals surface area contributed by atoms with E-state index in [9.17, 15) is 13.6 Å². The molecule has 4 nitrogen and oxygen atoms in total. The van der Waals surface area contributed by atoms with Crippen molar-refractivity contribution in [2.75, 3.05) is 24.5 Å². The van der Waals surface area contributed by atoms with Gasteiger partial charge in [0.2, 0.25) is 0 Å². The molecule has 2 heterocycles. The zero-order chi connectivity index (χ0) is 13.8. The van der Waals surface area contributed by atoms with Crippen LogP contribution in [-0.4, -0.2) is 37.0 Å². The second kappa shape index (κ2) is 5.95. The number of anilines is 1. The smallest absolute Gasteiger partial charge is 0.255 e. The molecule has 0 spiro atoms. The first-order valence-corrected chi connectivity index (χ1v) is 6.42. The van der Waals surface area contributed by atoms with Crippen molar-refractivity contribution in [1.82, 2.24) is 10.3 Å². The standard InChI is InChI=1S/C13H17F2N3O/c1-2-18-7-3-4-9-10(5-6-16-12(9)18)13(19)17-8-11(14)15/h5-6,11H,2-4,7-8H2,1H3,(H,17,19). The largest absolute Gasteiger partial charge is 0.357 e. The Bertz CT molecular complexity index is 465. The van der Waals surface area contributed by atoms with Gasteiger partial charge in [0.15, 0.2) is 0 Å². The second-order valence-corrected chi connectivity index (χ2v) is 4.45. The molecule has 104 valence electrons. The highest BCUT2D eigenvalue weighted by Crippen LogP contribution is 2.27. The van der Waals surface area contributed by atoms with Gasteiger partial charge in [-0.15, -0.1) is 0 Å². The van der Waals surface area contributed by atoms with Gasteiger partial charge in [0.05, 0.1) is 6.54 Å². The number of hydrogen-bond donors (Lipinski definition) is 1. The van der Waals surface area contributed by atoms with Gasteiger partial charge in [-0.1, -0.05) is 0 Å². The van der Waals surface area contributed by atoms with Crippen LogP contribution < -0.4 is 10.2 Å². The molecule has 0 radical (unpaired) electrons. The van der Waals surface area contributed by atoms with Gasteiger partial charge >= 0.3 is 0 Å². The quantitative estimate of drug-likeness (QED) is 0.907. The van der Waals surface area contributed by atoms with Crippen LogP contribution in [0.2, 0.25) is 0 Å². The SMILES string of the molecule is CCN1CCCc2c(C(=O)NCC(F)F)ccnc21. The van der Waals surface area contributed by atoms with Gasteiger partial charge in [0, 0.05) is 30.4 Å². The van der Waals surface area contributed by atoms with E-state index < -0.39 is 18.9 Å². The number of nitrogens with one attached hydrogen (secondary N) is 1. The molecular formula is C13H17F2N3O. The fourth-order valence-electron chi connectivity index (χ4n) is 2.34. The third-order valence-electron chi connectivity index (χ3n) is 3.23. The summed E-state index contributed by atoms with van der Waals surface area (Å²) in [6.45, 7) is 3.15. The van der Waals surface area contributed by atoms with Crippen molar-refractivity contribution in [3.05, 3.63) is 23.4 Å². The first-order valence-electron chi connectivity index (χ1n) is 6.42. The molecule has 6 heteroatoms. The van der Waals surface area contributed by atoms with Crippen molar-refractivity contribution in [1.29, 1.82) is 0 Å². The first-order chi connectivity index (χ1) is 9.13. The van der Waals surface area contributed by atoms with Gasteiger partial charge in [-0.3, -0.25) is 4.79 Å². The molecule has 1 aromatic rings. The summed E-state index contributed by atoms with van der Waals surface area (Å²) in [6, 6.07) is 1.60. The molecule has 1 aromatic heterocycles. The maximum Gasteiger partial charge on any atom is 0.255 e. The van der Waals surface area contributed by atoms with E-state index in [1.54, 1.807) is 12.3 Å². The van der Waals surface area contributed by atoms with Crippen LogP contribution in [0.1, 0.15) is 29.3 Å². The summed E-state index contributed by atoms with van der Waals surface area (Å²) >= 11 is 0. The van der Waals surface area contributed by atoms with Crippen molar-refractivity contribution in [3.63, 3.8) is 0 Å². The third-order valence-corrected chi connectivity index (χ3v) is 3.23. The number of fused-ring (bicyclic) bond motifs is 1. The summed E-state index contributed by atoms with van der Waals surface area (Å²) in [5.74, 6) is 0.357. The molecule has 19 heavy (non-hydrogen) atoms. The Hall–Kier alpha value is -1.72. The average molecular weight is 269 g/mol. The van der Waals surface area contributed by atoms with Crippen LogP contribution in [-0.2, 0) is 6.42 Å². The van der Waals surface area contributed by atoms with Crippen molar-refractivity contribution < 1.29 is 13.6 Å². The highest BCUT2D eigenvalue weighted by atomic mass is 19.3. The van der Waals surface area contributed by atoms with E-state index in [0.717, 1.165) is 37.3 Å². The Morgan fingerprint density at radius 2 is 2.37 bits per heavy atom. The molecule has 1 aliphatic rings. The number of hydrogen-bond acceptors (Lipinski definition) is 3. The zero-order valence-electron chi connectivity index (χ0n) is 10.8. The number of pyridine rings is 1. The second-order valence-electron chi connectivity index (χ2n) is 4.45. The Morgan fingerprint density at radius 3 is 3.05 bits per heavy atom. The van der Waals surface area contributed by atoms with Gasteiger partial charge in [0.1, 0.15) is 5.82 Å². The summed E-state index contributed by atoms with van der Waals surface area (Å²) < 4.78 is 24.3. The summed E-state index contributed by atoms with van der Waals surface area (Å²) in [7, 11) is 0. The van der Waals surface area contributed by atoms with Gasteiger partial charge in [-0.2, -0.15) is 0 Å². The highest BCUT2D eigenvalue weighted by molar-refractivity contribution is 5.96. The van der Waals surface area contributed by atoms with E-state index in [4.69, 9.17) is 0 Å². The Kier molecular flexibility index (Phi) is 4.29. The van der Waals surface area contributed by atoms with Crippen molar-refractivity contribution >= 4 is 11.7 Å². The molecule has 2 rings (SSSR count). The number of rotatable bonds is 4. The van der Waals surface area contributed by atoms with Crippen LogP contribution in [0, 0.1) is 0 Å². The monoisotopic (exact) mass is 269 g/mol. The highest BCUT2D eigenvalue weighted by Gasteiger charge is 2.22. The predicted octanol–water partition coefficient (Wildman–Crippen LogP) is 1.85. The number of halogens is 2. The molecule has 0 unspecified atom stereocenters. The van der Waals surface area contributed by atoms with E-state index in [1.165, 1.54) is 0 Å². The van der Waals surface area contributed by atoms with Gasteiger partial charge < -0.3 is 10.2 Å². The van der Waals surface area contributed by atoms with E-state index in [1.807, 2.05) is 6.92 Å². The molecule has 0 aliphatic carbocycles. The van der Waals surface area contributed by atoms with Gasteiger partial charge in [-0.05, 0) is 25.8 Å². The lowest BCUT2D eigenvalue weighted by Crippen LogP contribution is -2.33. The fraction of sp³-hybridized carbons (Fsp3) is 0.538. The molecule has 1 amide bonds. The number of alkyl halides is 2. The van der Waals surface area contributed by atoms with Crippen molar-refractivity contribution in [2.24, 2.45) is 0 Å². The minimum absolute atomic E-state index is 0.447. The summed E-state index contributed by atoms with van der Waals surface area (Å²) in [6.07, 6.45) is 0.733. The maximum atomic E-state index is 12.1. The summed E-state index contributed by atoms with van der Waals surface area (Å²) in [5, 5.41) is 2.25. The van der Waals surface area contributed by atoms with Crippen LogP contribution in [0.4, 0.5) is 14.6 Å². The molecule has 0 fully saturated rings. The van der Waals surface area contributed by atoms with Crippen molar-refractivity contribution in [3.8, 4) is 0 Å². The van der Waals surface area contributed by atoms with Crippen LogP contribution in [0.5, 0.6) is 0 Å². The molecule has 0 aromatic carbocycles. The minimum atomic E-state index is -2.53. The molecule has 0 bridgehead atoms. The van der Waals surface area contributed by atoms with Gasteiger partial charge in [-0.25, -0.2) is 13.8 Å². The molecule has 1 aliphatic heterocycles. The number of carbonyl (C=O) groups excluding carboxylic acids is 1. The lowest BCUT2D eigenvalue weighted by molar-refractivity contribution is 0.0890. The predicted molar refractivity (Wildman–Crippen MR) is 68.8 cm³/mol. The molecular weight excluding hydrogens is 252 g/mol. The zero-order valence-corrected chi connectivity index (χ0v) is 10.8. The number of aromatic nitrogens is 1. The Labute approximate surface area is 110 Å². The lowest BCUT2D eigenvalue weighted by Gasteiger charge is -2.29. The average Bonchev–Trinajstić information content (AvgIpc) is 2.43. The topological polar surface area (TPSA) is 45.2 Å². The van der Waals surface area contributed by atoms with Gasteiger partial charge in [0.25, 0.3) is 12.3 Å². The van der Waals surface area contributed by atoms with Crippen LogP contribution in [0.3, 0.4) is 0 Å². The Morgan fingerprint density at radius 1 is 1.58 bits per heavy atom. The number of nitrogens with zero attached hydrogens (tertiary/aromatic N) is 2. The maximum absolute atomic E-state index is 12.1. The number of carbonyl (C=O) groups is 1. The van der Waals surface area contributed by atoms with Crippen LogP contribution in [0.15, 0.2) is 12.3 Å².